The number of carbonyl (C=O) groups is 4. The van der Waals surface area contributed by atoms with Crippen molar-refractivity contribution in [3.8, 4) is 33.8 Å². The standard InChI is InChI=1S/C39H35NO4.C24H21NO3/c1-2-38(41)43-29-11-5-10-16-39(42)44-37-27-25-36(26-28-37)40(34-21-17-32(18-22-34)30-12-6-3-7-13-30)35-23-19-33(20-24-35)31-14-8-4-9-15-31;1-4-23(26)24(27)28-22-15-13-21(14-16-22)25(19-9-5-17(2)6-10-19)20-11-7-18(3)8-12-20/h2-4,6-9,12-15,17-28H,1,5,10-11,16,29H2;4-16H,1H2,2-3H3. The summed E-state index contributed by atoms with van der Waals surface area (Å²) in [6.07, 6.45) is 4.49. The van der Waals surface area contributed by atoms with E-state index < -0.39 is 17.7 Å². The van der Waals surface area contributed by atoms with Crippen LogP contribution in [0.25, 0.3) is 22.3 Å². The maximum absolute atomic E-state index is 12.4. The number of nitrogens with zero attached hydrogens (tertiary/aromatic N) is 2. The molecular weight excluding hydrogens is 897 g/mol. The van der Waals surface area contributed by atoms with Gasteiger partial charge in [-0.05, 0) is 159 Å². The van der Waals surface area contributed by atoms with Crippen LogP contribution < -0.4 is 19.3 Å². The molecule has 0 aliphatic carbocycles. The number of hydrogen-bond acceptors (Lipinski definition) is 9. The van der Waals surface area contributed by atoms with E-state index in [9.17, 15) is 19.2 Å². The third-order valence-electron chi connectivity index (χ3n) is 11.5. The van der Waals surface area contributed by atoms with Crippen LogP contribution in [-0.4, -0.2) is 30.3 Å². The van der Waals surface area contributed by atoms with Gasteiger partial charge < -0.3 is 24.0 Å². The SMILES string of the molecule is C=CC(=O)C(=O)Oc1ccc(N(c2ccc(C)cc2)c2ccc(C)cc2)cc1.C=CC(=O)OCCCCCC(=O)Oc1ccc(N(c2ccc(-c3ccccc3)cc2)c2ccc(-c3ccccc3)cc2)cc1. The van der Waals surface area contributed by atoms with Crippen molar-refractivity contribution in [3.05, 3.63) is 243 Å². The Morgan fingerprint density at radius 1 is 0.417 bits per heavy atom. The van der Waals surface area contributed by atoms with E-state index in [0.717, 1.165) is 63.8 Å². The largest absolute Gasteiger partial charge is 0.463 e. The van der Waals surface area contributed by atoms with Crippen LogP contribution in [-0.2, 0) is 23.9 Å². The molecule has 72 heavy (non-hydrogen) atoms. The summed E-state index contributed by atoms with van der Waals surface area (Å²) in [6.45, 7) is 11.1. The number of carbonyl (C=O) groups excluding carboxylic acids is 4. The van der Waals surface area contributed by atoms with Crippen LogP contribution in [0.15, 0.2) is 232 Å². The Balaban J connectivity index is 0.000000234. The van der Waals surface area contributed by atoms with Gasteiger partial charge in [0.25, 0.3) is 5.78 Å². The summed E-state index contributed by atoms with van der Waals surface area (Å²) in [5.41, 5.74) is 12.9. The van der Waals surface area contributed by atoms with Crippen molar-refractivity contribution in [2.75, 3.05) is 16.4 Å². The number of benzene rings is 8. The highest BCUT2D eigenvalue weighted by Crippen LogP contribution is 2.38. The molecule has 0 aliphatic rings. The second-order valence-electron chi connectivity index (χ2n) is 16.8. The number of anilines is 6. The number of esters is 3. The summed E-state index contributed by atoms with van der Waals surface area (Å²) >= 11 is 0. The van der Waals surface area contributed by atoms with Crippen molar-refractivity contribution >= 4 is 57.8 Å². The van der Waals surface area contributed by atoms with Crippen LogP contribution in [0.2, 0.25) is 0 Å². The van der Waals surface area contributed by atoms with E-state index in [0.29, 0.717) is 37.4 Å². The molecule has 9 heteroatoms. The number of hydrogen-bond donors (Lipinski definition) is 0. The molecule has 0 aliphatic heterocycles. The van der Waals surface area contributed by atoms with E-state index >= 15 is 0 Å². The molecule has 8 aromatic rings. The van der Waals surface area contributed by atoms with Gasteiger partial charge in [-0.15, -0.1) is 0 Å². The molecule has 0 aromatic heterocycles. The minimum atomic E-state index is -0.948. The molecule has 0 fully saturated rings. The molecule has 9 nitrogen and oxygen atoms in total. The van der Waals surface area contributed by atoms with Crippen molar-refractivity contribution in [3.63, 3.8) is 0 Å². The monoisotopic (exact) mass is 952 g/mol. The zero-order valence-electron chi connectivity index (χ0n) is 40.5. The first-order chi connectivity index (χ1) is 35.1. The number of ketones is 1. The van der Waals surface area contributed by atoms with E-state index in [1.165, 1.54) is 22.3 Å². The fraction of sp³-hybridized carbons (Fsp3) is 0.111. The highest BCUT2D eigenvalue weighted by Gasteiger charge is 2.17. The highest BCUT2D eigenvalue weighted by molar-refractivity contribution is 6.38. The molecule has 0 saturated carbocycles. The Labute approximate surface area is 421 Å². The Morgan fingerprint density at radius 2 is 0.778 bits per heavy atom. The molecule has 0 unspecified atom stereocenters. The second-order valence-corrected chi connectivity index (χ2v) is 16.8. The van der Waals surface area contributed by atoms with Gasteiger partial charge >= 0.3 is 17.9 Å². The molecule has 8 rings (SSSR count). The Bertz CT molecular complexity index is 2920. The molecule has 0 saturated heterocycles. The van der Waals surface area contributed by atoms with E-state index in [2.05, 4.69) is 144 Å². The van der Waals surface area contributed by atoms with Gasteiger partial charge in [0.1, 0.15) is 11.5 Å². The summed E-state index contributed by atoms with van der Waals surface area (Å²) < 4.78 is 15.6. The maximum atomic E-state index is 12.4. The summed E-state index contributed by atoms with van der Waals surface area (Å²) in [6, 6.07) is 68.8. The smallest absolute Gasteiger partial charge is 0.384 e. The average molecular weight is 953 g/mol. The molecule has 0 spiro atoms. The molecule has 0 heterocycles. The fourth-order valence-electron chi connectivity index (χ4n) is 7.68. The van der Waals surface area contributed by atoms with Crippen molar-refractivity contribution in [1.82, 2.24) is 0 Å². The van der Waals surface area contributed by atoms with E-state index in [1.54, 1.807) is 12.1 Å². The van der Waals surface area contributed by atoms with Gasteiger partial charge in [0.2, 0.25) is 0 Å². The lowest BCUT2D eigenvalue weighted by Crippen LogP contribution is -2.17. The predicted octanol–water partition coefficient (Wildman–Crippen LogP) is 15.1. The van der Waals surface area contributed by atoms with Gasteiger partial charge in [0, 0.05) is 46.6 Å². The topological polar surface area (TPSA) is 102 Å². The van der Waals surface area contributed by atoms with Crippen LogP contribution >= 0.6 is 0 Å². The van der Waals surface area contributed by atoms with E-state index in [4.69, 9.17) is 14.2 Å². The number of aryl methyl sites for hydroxylation is 2. The van der Waals surface area contributed by atoms with Crippen molar-refractivity contribution < 1.29 is 33.4 Å². The Hall–Kier alpha value is -9.08. The zero-order valence-corrected chi connectivity index (χ0v) is 40.5. The van der Waals surface area contributed by atoms with Gasteiger partial charge in [-0.2, -0.15) is 0 Å². The minimum absolute atomic E-state index is 0.286. The first-order valence-corrected chi connectivity index (χ1v) is 23.7. The number of rotatable bonds is 19. The molecule has 0 amide bonds. The summed E-state index contributed by atoms with van der Waals surface area (Å²) in [7, 11) is 0. The average Bonchev–Trinajstić information content (AvgIpc) is 3.42. The lowest BCUT2D eigenvalue weighted by Gasteiger charge is -2.26. The first-order valence-electron chi connectivity index (χ1n) is 23.7. The van der Waals surface area contributed by atoms with Crippen molar-refractivity contribution in [2.24, 2.45) is 0 Å². The van der Waals surface area contributed by atoms with Crippen LogP contribution in [0.4, 0.5) is 34.1 Å². The Kier molecular flexibility index (Phi) is 18.0. The molecule has 0 radical (unpaired) electrons. The normalized spacial score (nSPS) is 10.4. The molecule has 0 atom stereocenters. The maximum Gasteiger partial charge on any atom is 0.384 e. The fourth-order valence-corrected chi connectivity index (χ4v) is 7.68. The van der Waals surface area contributed by atoms with Gasteiger partial charge in [-0.1, -0.05) is 133 Å². The summed E-state index contributed by atoms with van der Waals surface area (Å²) in [5.74, 6) is -1.64. The number of ether oxygens (including phenoxy) is 3. The lowest BCUT2D eigenvalue weighted by molar-refractivity contribution is -0.144. The second kappa shape index (κ2) is 25.5. The molecular formula is C63H56N2O7. The van der Waals surface area contributed by atoms with Gasteiger partial charge in [0.05, 0.1) is 6.61 Å². The van der Waals surface area contributed by atoms with Crippen LogP contribution in [0.3, 0.4) is 0 Å². The number of unbranched alkanes of at least 4 members (excludes halogenated alkanes) is 2. The third kappa shape index (κ3) is 14.2. The van der Waals surface area contributed by atoms with Gasteiger partial charge in [-0.25, -0.2) is 9.59 Å². The van der Waals surface area contributed by atoms with E-state index in [1.807, 2.05) is 86.6 Å². The predicted molar refractivity (Wildman–Crippen MR) is 289 cm³/mol. The van der Waals surface area contributed by atoms with Crippen LogP contribution in [0.5, 0.6) is 11.5 Å². The third-order valence-corrected chi connectivity index (χ3v) is 11.5. The van der Waals surface area contributed by atoms with Crippen LogP contribution in [0.1, 0.15) is 36.8 Å². The van der Waals surface area contributed by atoms with Crippen LogP contribution in [0, 0.1) is 13.8 Å². The summed E-state index contributed by atoms with van der Waals surface area (Å²) in [5, 5.41) is 0. The highest BCUT2D eigenvalue weighted by atomic mass is 16.5. The van der Waals surface area contributed by atoms with Crippen molar-refractivity contribution in [2.45, 2.75) is 39.5 Å². The summed E-state index contributed by atoms with van der Waals surface area (Å²) in [4.78, 5) is 50.8. The van der Waals surface area contributed by atoms with Gasteiger partial charge in [-0.3, -0.25) is 9.59 Å². The molecule has 0 bridgehead atoms. The first kappa shape index (κ1) is 50.8. The minimum Gasteiger partial charge on any atom is -0.463 e. The van der Waals surface area contributed by atoms with E-state index in [-0.39, 0.29) is 5.97 Å². The quantitative estimate of drug-likeness (QED) is 0.0258. The Morgan fingerprint density at radius 3 is 1.17 bits per heavy atom. The molecule has 8 aromatic carbocycles. The molecule has 0 N–H and O–H groups in total. The zero-order chi connectivity index (χ0) is 50.7. The molecule has 360 valence electrons. The van der Waals surface area contributed by atoms with Crippen molar-refractivity contribution in [1.29, 1.82) is 0 Å². The van der Waals surface area contributed by atoms with Gasteiger partial charge in [0.15, 0.2) is 0 Å². The lowest BCUT2D eigenvalue weighted by atomic mass is 10.0.